The fraction of sp³-hybridized carbons (Fsp3) is 0.323. The highest BCUT2D eigenvalue weighted by molar-refractivity contribution is 6.17. The fourth-order valence-electron chi connectivity index (χ4n) is 4.10. The molecule has 182 valence electrons. The van der Waals surface area contributed by atoms with E-state index in [2.05, 4.69) is 13.8 Å². The molecule has 4 nitrogen and oxygen atoms in total. The predicted molar refractivity (Wildman–Crippen MR) is 149 cm³/mol. The molecule has 4 heteroatoms. The number of fused-ring (bicyclic) bond motifs is 4. The third kappa shape index (κ3) is 6.13. The smallest absolute Gasteiger partial charge is 0.266 e. The Balaban J connectivity index is 0.000000295. The predicted octanol–water partition coefficient (Wildman–Crippen LogP) is 8.26. The molecule has 35 heavy (non-hydrogen) atoms. The van der Waals surface area contributed by atoms with Crippen molar-refractivity contribution in [3.8, 4) is 5.69 Å². The van der Waals surface area contributed by atoms with E-state index in [1.54, 1.807) is 4.57 Å². The van der Waals surface area contributed by atoms with Gasteiger partial charge in [0.15, 0.2) is 5.82 Å². The molecular formula is C31H37N3O. The summed E-state index contributed by atoms with van der Waals surface area (Å²) in [4.78, 5) is 22.6. The first-order valence-corrected chi connectivity index (χ1v) is 13.0. The minimum absolute atomic E-state index is 0.0636. The standard InChI is InChI=1S/C21H13N3O.C8H18.C2H6/c25-21-15-10-4-6-12-17(15)23-20-19(22-14-8-2-1-3-9-14)16-11-5-7-13-18(16)24(20)21;1-3-5-7-8-6-4-2;1-2/h1-13H;3-8H2,1-2H3;1-2H3. The van der Waals surface area contributed by atoms with Gasteiger partial charge in [0.1, 0.15) is 5.71 Å². The van der Waals surface area contributed by atoms with Crippen LogP contribution in [0.15, 0.2) is 88.6 Å². The normalized spacial score (nSPS) is 12.3. The second kappa shape index (κ2) is 13.4. The van der Waals surface area contributed by atoms with Gasteiger partial charge in [-0.3, -0.25) is 9.36 Å². The Morgan fingerprint density at radius 1 is 0.743 bits per heavy atom. The second-order valence-electron chi connectivity index (χ2n) is 8.32. The van der Waals surface area contributed by atoms with E-state index in [4.69, 9.17) is 9.98 Å². The minimum Gasteiger partial charge on any atom is -0.268 e. The van der Waals surface area contributed by atoms with E-state index in [0.29, 0.717) is 16.7 Å². The van der Waals surface area contributed by atoms with Crippen LogP contribution in [0.5, 0.6) is 0 Å². The molecule has 5 rings (SSSR count). The average molecular weight is 468 g/mol. The number of para-hydroxylation sites is 3. The first kappa shape index (κ1) is 26.1. The summed E-state index contributed by atoms with van der Waals surface area (Å²) in [5, 5.41) is 0.613. The maximum Gasteiger partial charge on any atom is 0.266 e. The lowest BCUT2D eigenvalue weighted by Crippen LogP contribution is -2.21. The lowest BCUT2D eigenvalue weighted by atomic mass is 10.1. The Bertz CT molecular complexity index is 1300. The van der Waals surface area contributed by atoms with Crippen molar-refractivity contribution in [2.24, 2.45) is 4.99 Å². The monoisotopic (exact) mass is 467 g/mol. The zero-order valence-corrected chi connectivity index (χ0v) is 21.5. The largest absolute Gasteiger partial charge is 0.268 e. The van der Waals surface area contributed by atoms with Gasteiger partial charge in [-0.05, 0) is 30.3 Å². The van der Waals surface area contributed by atoms with Crippen LogP contribution in [0, 0.1) is 0 Å². The van der Waals surface area contributed by atoms with E-state index >= 15 is 0 Å². The van der Waals surface area contributed by atoms with Crippen molar-refractivity contribution in [3.63, 3.8) is 0 Å². The number of rotatable bonds is 6. The van der Waals surface area contributed by atoms with Crippen molar-refractivity contribution in [3.05, 3.63) is 101 Å². The van der Waals surface area contributed by atoms with Crippen LogP contribution < -0.4 is 5.56 Å². The molecule has 0 unspecified atom stereocenters. The van der Waals surface area contributed by atoms with Gasteiger partial charge in [0, 0.05) is 5.56 Å². The van der Waals surface area contributed by atoms with Crippen LogP contribution in [-0.4, -0.2) is 15.3 Å². The maximum absolute atomic E-state index is 13.0. The Morgan fingerprint density at radius 3 is 2.03 bits per heavy atom. The van der Waals surface area contributed by atoms with Gasteiger partial charge in [0.2, 0.25) is 0 Å². The number of aliphatic imine (C=N–C) groups is 1. The van der Waals surface area contributed by atoms with Gasteiger partial charge < -0.3 is 0 Å². The second-order valence-corrected chi connectivity index (χ2v) is 8.32. The number of nitrogens with zero attached hydrogens (tertiary/aromatic N) is 3. The molecule has 0 saturated heterocycles. The fourth-order valence-corrected chi connectivity index (χ4v) is 4.10. The zero-order chi connectivity index (χ0) is 25.0. The highest BCUT2D eigenvalue weighted by atomic mass is 16.1. The summed E-state index contributed by atoms with van der Waals surface area (Å²) in [5.41, 5.74) is 3.94. The van der Waals surface area contributed by atoms with Gasteiger partial charge in [-0.1, -0.05) is 115 Å². The molecule has 0 fully saturated rings. The minimum atomic E-state index is -0.0636. The summed E-state index contributed by atoms with van der Waals surface area (Å²) >= 11 is 0. The van der Waals surface area contributed by atoms with Crippen LogP contribution in [0.1, 0.15) is 77.6 Å². The van der Waals surface area contributed by atoms with Gasteiger partial charge in [-0.25, -0.2) is 9.98 Å². The van der Waals surface area contributed by atoms with Gasteiger partial charge in [0.25, 0.3) is 5.56 Å². The molecule has 3 aromatic carbocycles. The molecule has 0 atom stereocenters. The molecule has 0 aliphatic carbocycles. The summed E-state index contributed by atoms with van der Waals surface area (Å²) < 4.78 is 1.67. The van der Waals surface area contributed by atoms with Crippen molar-refractivity contribution in [2.45, 2.75) is 66.2 Å². The molecule has 0 bridgehead atoms. The number of hydrogen-bond acceptors (Lipinski definition) is 3. The van der Waals surface area contributed by atoms with Crippen LogP contribution in [0.25, 0.3) is 16.6 Å². The number of hydrogen-bond donors (Lipinski definition) is 0. The molecule has 1 aliphatic heterocycles. The van der Waals surface area contributed by atoms with Gasteiger partial charge >= 0.3 is 0 Å². The molecule has 0 amide bonds. The first-order valence-electron chi connectivity index (χ1n) is 13.0. The Kier molecular flexibility index (Phi) is 9.97. The van der Waals surface area contributed by atoms with Crippen molar-refractivity contribution >= 4 is 22.3 Å². The number of benzene rings is 3. The molecule has 0 saturated carbocycles. The van der Waals surface area contributed by atoms with Crippen molar-refractivity contribution in [2.75, 3.05) is 0 Å². The summed E-state index contributed by atoms with van der Waals surface area (Å²) in [5.74, 6) is 0.591. The van der Waals surface area contributed by atoms with Crippen LogP contribution >= 0.6 is 0 Å². The first-order chi connectivity index (χ1) is 17.2. The lowest BCUT2D eigenvalue weighted by molar-refractivity contribution is 0.624. The van der Waals surface area contributed by atoms with E-state index in [0.717, 1.165) is 22.6 Å². The van der Waals surface area contributed by atoms with Crippen LogP contribution in [0.4, 0.5) is 5.69 Å². The van der Waals surface area contributed by atoms with Gasteiger partial charge in [0.05, 0.1) is 22.3 Å². The van der Waals surface area contributed by atoms with E-state index in [1.165, 1.54) is 38.5 Å². The summed E-state index contributed by atoms with van der Waals surface area (Å²) in [6.07, 6.45) is 8.49. The van der Waals surface area contributed by atoms with Crippen LogP contribution in [0.2, 0.25) is 0 Å². The van der Waals surface area contributed by atoms with Crippen LogP contribution in [-0.2, 0) is 0 Å². The Labute approximate surface area is 209 Å². The van der Waals surface area contributed by atoms with Gasteiger partial charge in [-0.2, -0.15) is 0 Å². The Hall–Kier alpha value is -3.53. The van der Waals surface area contributed by atoms with Crippen molar-refractivity contribution in [1.29, 1.82) is 0 Å². The number of unbranched alkanes of at least 4 members (excludes halogenated alkanes) is 5. The molecule has 0 radical (unpaired) electrons. The Morgan fingerprint density at radius 2 is 1.34 bits per heavy atom. The maximum atomic E-state index is 13.0. The highest BCUT2D eigenvalue weighted by Crippen LogP contribution is 2.28. The molecule has 0 N–H and O–H groups in total. The molecule has 1 aromatic heterocycles. The van der Waals surface area contributed by atoms with Crippen molar-refractivity contribution < 1.29 is 0 Å². The quantitative estimate of drug-likeness (QED) is 0.236. The van der Waals surface area contributed by atoms with E-state index in [1.807, 2.05) is 92.7 Å². The van der Waals surface area contributed by atoms with E-state index in [9.17, 15) is 4.79 Å². The average Bonchev–Trinajstić information content (AvgIpc) is 3.22. The van der Waals surface area contributed by atoms with Crippen LogP contribution in [0.3, 0.4) is 0 Å². The number of aromatic nitrogens is 2. The zero-order valence-electron chi connectivity index (χ0n) is 21.5. The van der Waals surface area contributed by atoms with Gasteiger partial charge in [-0.15, -0.1) is 0 Å². The molecule has 0 spiro atoms. The van der Waals surface area contributed by atoms with E-state index < -0.39 is 0 Å². The third-order valence-corrected chi connectivity index (χ3v) is 5.84. The highest BCUT2D eigenvalue weighted by Gasteiger charge is 2.28. The summed E-state index contributed by atoms with van der Waals surface area (Å²) in [6, 6.07) is 25.0. The summed E-state index contributed by atoms with van der Waals surface area (Å²) in [6.45, 7) is 8.51. The third-order valence-electron chi connectivity index (χ3n) is 5.84. The SMILES string of the molecule is CC.CCCCCCCC.O=c1c2ccccc2nc2n1-c1ccccc1C2=Nc1ccccc1. The lowest BCUT2D eigenvalue weighted by Gasteiger charge is -2.05. The molecule has 4 aromatic rings. The summed E-state index contributed by atoms with van der Waals surface area (Å²) in [7, 11) is 0. The van der Waals surface area contributed by atoms with Crippen molar-refractivity contribution in [1.82, 2.24) is 9.55 Å². The molecule has 1 aliphatic rings. The van der Waals surface area contributed by atoms with E-state index in [-0.39, 0.29) is 5.56 Å². The topological polar surface area (TPSA) is 47.2 Å². The molecule has 2 heterocycles. The molecular weight excluding hydrogens is 430 g/mol.